The molecule has 0 amide bonds. The Hall–Kier alpha value is -0.0151. The predicted octanol–water partition coefficient (Wildman–Crippen LogP) is 0.555. The molecule has 0 rings (SSSR count). The summed E-state index contributed by atoms with van der Waals surface area (Å²) in [6, 6.07) is 0.523. The van der Waals surface area contributed by atoms with Gasteiger partial charge in [0.2, 0.25) is 0 Å². The summed E-state index contributed by atoms with van der Waals surface area (Å²) in [6.45, 7) is 4.23. The molecule has 0 aliphatic carbocycles. The van der Waals surface area contributed by atoms with Gasteiger partial charge < -0.3 is 9.88 Å². The molecule has 0 saturated heterocycles. The molecule has 0 bridgehead atoms. The van der Waals surface area contributed by atoms with E-state index >= 15 is 0 Å². The highest BCUT2D eigenvalue weighted by Crippen LogP contribution is 1.84. The molecule has 47 valence electrons. The molecule has 0 aliphatic rings. The Bertz CT molecular complexity index is 51.7. The minimum atomic E-state index is 0.523. The lowest BCUT2D eigenvalue weighted by atomic mass is 10.1. The summed E-state index contributed by atoms with van der Waals surface area (Å²) in [4.78, 5) is 0. The van der Waals surface area contributed by atoms with Gasteiger partial charge in [0.05, 0.1) is 0 Å². The van der Waals surface area contributed by atoms with E-state index in [-0.39, 0.29) is 0 Å². The van der Waals surface area contributed by atoms with Gasteiger partial charge in [-0.2, -0.15) is 0 Å². The van der Waals surface area contributed by atoms with Gasteiger partial charge in [0, 0.05) is 7.11 Å². The molecule has 3 heteroatoms. The van der Waals surface area contributed by atoms with Crippen molar-refractivity contribution in [2.24, 2.45) is 0 Å². The number of nitrogens with one attached hydrogen (secondary N) is 1. The van der Waals surface area contributed by atoms with Crippen LogP contribution >= 0.6 is 0 Å². The van der Waals surface area contributed by atoms with E-state index in [2.05, 4.69) is 23.7 Å². The van der Waals surface area contributed by atoms with Crippen LogP contribution in [0.2, 0.25) is 0 Å². The highest BCUT2D eigenvalue weighted by molar-refractivity contribution is 6.23. The van der Waals surface area contributed by atoms with Gasteiger partial charge in [-0.15, -0.1) is 0 Å². The first-order chi connectivity index (χ1) is 3.81. The molecule has 1 N–H and O–H groups in total. The lowest BCUT2D eigenvalue weighted by Gasteiger charge is -2.06. The van der Waals surface area contributed by atoms with Gasteiger partial charge >= 0.3 is 7.62 Å². The average Bonchev–Trinajstić information content (AvgIpc) is 1.83. The zero-order chi connectivity index (χ0) is 6.41. The lowest BCUT2D eigenvalue weighted by molar-refractivity contribution is 0.421. The highest BCUT2D eigenvalue weighted by atomic mass is 16.4. The van der Waals surface area contributed by atoms with Gasteiger partial charge in [0.25, 0.3) is 0 Å². The maximum Gasteiger partial charge on any atom is 0.395 e. The third-order valence-electron chi connectivity index (χ3n) is 1.08. The van der Waals surface area contributed by atoms with E-state index in [9.17, 15) is 0 Å². The van der Waals surface area contributed by atoms with E-state index in [1.165, 1.54) is 0 Å². The second-order valence-electron chi connectivity index (χ2n) is 1.83. The second kappa shape index (κ2) is 5.13. The van der Waals surface area contributed by atoms with Crippen LogP contribution in [0.1, 0.15) is 20.3 Å². The van der Waals surface area contributed by atoms with E-state index in [1.807, 2.05) is 0 Å². The van der Waals surface area contributed by atoms with E-state index < -0.39 is 0 Å². The van der Waals surface area contributed by atoms with Crippen molar-refractivity contribution in [3.05, 3.63) is 0 Å². The first-order valence-electron chi connectivity index (χ1n) is 2.91. The topological polar surface area (TPSA) is 21.3 Å². The normalized spacial score (nSPS) is 13.4. The maximum atomic E-state index is 4.68. The van der Waals surface area contributed by atoms with Crippen molar-refractivity contribution < 1.29 is 4.65 Å². The molecular weight excluding hydrogens is 101 g/mol. The van der Waals surface area contributed by atoms with Crippen LogP contribution < -0.4 is 5.23 Å². The van der Waals surface area contributed by atoms with Crippen LogP contribution in [0.15, 0.2) is 0 Å². The lowest BCUT2D eigenvalue weighted by Crippen LogP contribution is -2.29. The van der Waals surface area contributed by atoms with Gasteiger partial charge in [-0.3, -0.25) is 0 Å². The first-order valence-corrected chi connectivity index (χ1v) is 2.91. The Balaban J connectivity index is 2.86. The minimum Gasteiger partial charge on any atom is -0.427 e. The van der Waals surface area contributed by atoms with Crippen LogP contribution in [0.5, 0.6) is 0 Å². The molecule has 1 unspecified atom stereocenters. The summed E-state index contributed by atoms with van der Waals surface area (Å²) in [7, 11) is 3.24. The molecule has 0 aromatic rings. The summed E-state index contributed by atoms with van der Waals surface area (Å²) >= 11 is 0. The Morgan fingerprint density at radius 1 is 1.75 bits per heavy atom. The zero-order valence-electron chi connectivity index (χ0n) is 5.77. The molecule has 0 saturated carbocycles. The number of hydrogen-bond donors (Lipinski definition) is 1. The van der Waals surface area contributed by atoms with Crippen LogP contribution in [-0.2, 0) is 4.65 Å². The molecule has 1 radical (unpaired) electrons. The summed E-state index contributed by atoms with van der Waals surface area (Å²) in [5.74, 6) is 0. The van der Waals surface area contributed by atoms with Crippen molar-refractivity contribution in [2.45, 2.75) is 26.3 Å². The summed E-state index contributed by atoms with van der Waals surface area (Å²) in [5.41, 5.74) is 0. The fourth-order valence-electron chi connectivity index (χ4n) is 0.302. The molecule has 0 fully saturated rings. The molecule has 2 nitrogen and oxygen atoms in total. The van der Waals surface area contributed by atoms with Crippen molar-refractivity contribution in [3.63, 3.8) is 0 Å². The largest absolute Gasteiger partial charge is 0.427 e. The molecule has 1 atom stereocenters. The third-order valence-corrected chi connectivity index (χ3v) is 1.08. The van der Waals surface area contributed by atoms with Gasteiger partial charge in [-0.25, -0.2) is 0 Å². The number of rotatable bonds is 4. The molecule has 0 aromatic heterocycles. The SMILES string of the molecule is CCC(C)N[B]OC. The standard InChI is InChI=1S/C5H13BNO/c1-4-5(2)7-6-8-3/h5,7H,4H2,1-3H3. The van der Waals surface area contributed by atoms with Crippen LogP contribution in [0.25, 0.3) is 0 Å². The fraction of sp³-hybridized carbons (Fsp3) is 1.00. The Labute approximate surface area is 51.9 Å². The number of hydrogen-bond acceptors (Lipinski definition) is 2. The van der Waals surface area contributed by atoms with E-state index in [4.69, 9.17) is 0 Å². The summed E-state index contributed by atoms with van der Waals surface area (Å²) in [5, 5.41) is 3.03. The Morgan fingerprint density at radius 2 is 2.38 bits per heavy atom. The minimum absolute atomic E-state index is 0.523. The van der Waals surface area contributed by atoms with E-state index in [1.54, 1.807) is 14.7 Å². The Kier molecular flexibility index (Phi) is 5.12. The van der Waals surface area contributed by atoms with E-state index in [0.717, 1.165) is 6.42 Å². The molecule has 8 heavy (non-hydrogen) atoms. The highest BCUT2D eigenvalue weighted by Gasteiger charge is 1.95. The monoisotopic (exact) mass is 114 g/mol. The predicted molar refractivity (Wildman–Crippen MR) is 35.7 cm³/mol. The summed E-state index contributed by atoms with van der Waals surface area (Å²) in [6.07, 6.45) is 1.12. The van der Waals surface area contributed by atoms with Crippen LogP contribution in [0.4, 0.5) is 0 Å². The molecule has 0 heterocycles. The van der Waals surface area contributed by atoms with Crippen molar-refractivity contribution in [3.8, 4) is 0 Å². The van der Waals surface area contributed by atoms with Gasteiger partial charge in [-0.05, 0) is 12.5 Å². The molecule has 0 aromatic carbocycles. The molecule has 0 aliphatic heterocycles. The van der Waals surface area contributed by atoms with Gasteiger partial charge in [-0.1, -0.05) is 13.8 Å². The molecular formula is C5H13BNO. The van der Waals surface area contributed by atoms with Crippen molar-refractivity contribution >= 4 is 7.62 Å². The molecule has 0 spiro atoms. The quantitative estimate of drug-likeness (QED) is 0.539. The van der Waals surface area contributed by atoms with Crippen LogP contribution in [0, 0.1) is 0 Å². The van der Waals surface area contributed by atoms with Crippen LogP contribution in [-0.4, -0.2) is 20.8 Å². The third kappa shape index (κ3) is 4.15. The smallest absolute Gasteiger partial charge is 0.395 e. The maximum absolute atomic E-state index is 4.68. The van der Waals surface area contributed by atoms with E-state index in [0.29, 0.717) is 6.04 Å². The van der Waals surface area contributed by atoms with Crippen molar-refractivity contribution in [2.75, 3.05) is 7.11 Å². The summed E-state index contributed by atoms with van der Waals surface area (Å²) < 4.78 is 4.68. The van der Waals surface area contributed by atoms with Crippen molar-refractivity contribution in [1.29, 1.82) is 0 Å². The fourth-order valence-corrected chi connectivity index (χ4v) is 0.302. The average molecular weight is 114 g/mol. The van der Waals surface area contributed by atoms with Crippen LogP contribution in [0.3, 0.4) is 0 Å². The van der Waals surface area contributed by atoms with Crippen molar-refractivity contribution in [1.82, 2.24) is 5.23 Å². The Morgan fingerprint density at radius 3 is 2.75 bits per heavy atom. The second-order valence-corrected chi connectivity index (χ2v) is 1.83. The first kappa shape index (κ1) is 7.98. The zero-order valence-corrected chi connectivity index (χ0v) is 5.77. The van der Waals surface area contributed by atoms with Gasteiger partial charge in [0.1, 0.15) is 0 Å². The van der Waals surface area contributed by atoms with Gasteiger partial charge in [0.15, 0.2) is 0 Å².